The van der Waals surface area contributed by atoms with Crippen molar-refractivity contribution in [1.82, 2.24) is 4.98 Å². The number of carbonyl (C=O) groups excluding carboxylic acids is 1. The molecule has 0 aliphatic rings. The fraction of sp³-hybridized carbons (Fsp3) is 0.455. The zero-order chi connectivity index (χ0) is 11.6. The summed E-state index contributed by atoms with van der Waals surface area (Å²) in [5.41, 5.74) is 1.78. The van der Waals surface area contributed by atoms with E-state index in [9.17, 15) is 9.59 Å². The van der Waals surface area contributed by atoms with Gasteiger partial charge in [-0.15, -0.1) is 0 Å². The molecule has 1 aromatic heterocycles. The Morgan fingerprint density at radius 3 is 2.60 bits per heavy atom. The quantitative estimate of drug-likeness (QED) is 0.678. The highest BCUT2D eigenvalue weighted by molar-refractivity contribution is 9.09. The molecular weight excluding hydrogens is 258 g/mol. The van der Waals surface area contributed by atoms with Gasteiger partial charge in [0, 0.05) is 5.69 Å². The number of H-pyrrole nitrogens is 1. The fourth-order valence-corrected chi connectivity index (χ4v) is 1.83. The lowest BCUT2D eigenvalue weighted by Crippen LogP contribution is -2.21. The Morgan fingerprint density at radius 1 is 1.53 bits per heavy atom. The summed E-state index contributed by atoms with van der Waals surface area (Å²) < 4.78 is 0. The van der Waals surface area contributed by atoms with Crippen molar-refractivity contribution in [1.29, 1.82) is 0 Å². The molecule has 4 heteroatoms. The van der Waals surface area contributed by atoms with Crippen LogP contribution in [-0.4, -0.2) is 16.1 Å². The van der Waals surface area contributed by atoms with Crippen molar-refractivity contribution in [3.05, 3.63) is 33.2 Å². The fourth-order valence-electron chi connectivity index (χ4n) is 1.53. The van der Waals surface area contributed by atoms with Crippen LogP contribution in [0.5, 0.6) is 0 Å². The average molecular weight is 272 g/mol. The number of nitrogens with one attached hydrogen (secondary N) is 1. The number of carbonyl (C=O) groups is 1. The van der Waals surface area contributed by atoms with Crippen LogP contribution in [0.3, 0.4) is 0 Å². The van der Waals surface area contributed by atoms with Crippen LogP contribution >= 0.6 is 15.9 Å². The van der Waals surface area contributed by atoms with Crippen LogP contribution in [0.2, 0.25) is 0 Å². The highest BCUT2D eigenvalue weighted by atomic mass is 79.9. The third-order valence-corrected chi connectivity index (χ3v) is 2.79. The molecule has 1 heterocycles. The highest BCUT2D eigenvalue weighted by Crippen LogP contribution is 2.15. The molecule has 0 aliphatic heterocycles. The third kappa shape index (κ3) is 2.56. The predicted molar refractivity (Wildman–Crippen MR) is 64.0 cm³/mol. The summed E-state index contributed by atoms with van der Waals surface area (Å²) in [7, 11) is 0. The van der Waals surface area contributed by atoms with Gasteiger partial charge in [0.15, 0.2) is 5.78 Å². The molecule has 82 valence electrons. The van der Waals surface area contributed by atoms with E-state index in [1.54, 1.807) is 6.07 Å². The molecule has 0 aliphatic carbocycles. The zero-order valence-electron chi connectivity index (χ0n) is 9.06. The van der Waals surface area contributed by atoms with E-state index in [0.717, 1.165) is 11.3 Å². The monoisotopic (exact) mass is 271 g/mol. The molecular formula is C11H14BrNO2. The maximum atomic E-state index is 11.6. The van der Waals surface area contributed by atoms with Crippen LogP contribution in [0.25, 0.3) is 0 Å². The van der Waals surface area contributed by atoms with Gasteiger partial charge in [-0.3, -0.25) is 9.59 Å². The molecule has 0 unspecified atom stereocenters. The molecule has 1 N–H and O–H groups in total. The van der Waals surface area contributed by atoms with Crippen LogP contribution in [0, 0.1) is 6.92 Å². The van der Waals surface area contributed by atoms with Gasteiger partial charge in [-0.1, -0.05) is 29.8 Å². The van der Waals surface area contributed by atoms with Crippen molar-refractivity contribution >= 4 is 21.7 Å². The molecule has 1 rings (SSSR count). The van der Waals surface area contributed by atoms with E-state index in [1.165, 1.54) is 0 Å². The molecule has 0 atom stereocenters. The van der Waals surface area contributed by atoms with E-state index >= 15 is 0 Å². The Bertz CT molecular complexity index is 435. The van der Waals surface area contributed by atoms with Gasteiger partial charge in [0.1, 0.15) is 0 Å². The summed E-state index contributed by atoms with van der Waals surface area (Å²) in [5.74, 6) is 0.0699. The average Bonchev–Trinajstić information content (AvgIpc) is 2.19. The van der Waals surface area contributed by atoms with Gasteiger partial charge >= 0.3 is 0 Å². The second-order valence-electron chi connectivity index (χ2n) is 3.82. The first-order valence-electron chi connectivity index (χ1n) is 4.80. The summed E-state index contributed by atoms with van der Waals surface area (Å²) >= 11 is 3.06. The topological polar surface area (TPSA) is 49.9 Å². The minimum atomic E-state index is -0.297. The number of hydrogen-bond acceptors (Lipinski definition) is 2. The van der Waals surface area contributed by atoms with Gasteiger partial charge in [0.05, 0.1) is 10.9 Å². The van der Waals surface area contributed by atoms with E-state index < -0.39 is 0 Å². The first-order valence-corrected chi connectivity index (χ1v) is 5.92. The first kappa shape index (κ1) is 12.2. The lowest BCUT2D eigenvalue weighted by atomic mass is 10.0. The van der Waals surface area contributed by atoms with Crippen molar-refractivity contribution in [2.24, 2.45) is 0 Å². The Balaban J connectivity index is 3.32. The summed E-state index contributed by atoms with van der Waals surface area (Å²) in [5, 5.41) is 0.177. The van der Waals surface area contributed by atoms with Crippen molar-refractivity contribution < 1.29 is 4.79 Å². The van der Waals surface area contributed by atoms with Crippen molar-refractivity contribution in [3.8, 4) is 0 Å². The molecule has 0 saturated carbocycles. The standard InChI is InChI=1S/C11H14BrNO2/c1-6(2)10-7(3)4-8(9(14)5-12)11(15)13-10/h4,6H,5H2,1-3H3,(H,13,15). The minimum absolute atomic E-state index is 0.177. The van der Waals surface area contributed by atoms with Gasteiger partial charge in [0.2, 0.25) is 0 Å². The summed E-state index contributed by atoms with van der Waals surface area (Å²) in [4.78, 5) is 25.8. The number of alkyl halides is 1. The lowest BCUT2D eigenvalue weighted by molar-refractivity contribution is 0.102. The van der Waals surface area contributed by atoms with Crippen molar-refractivity contribution in [2.75, 3.05) is 5.33 Å². The molecule has 0 radical (unpaired) electrons. The van der Waals surface area contributed by atoms with E-state index in [-0.39, 0.29) is 28.2 Å². The van der Waals surface area contributed by atoms with Gasteiger partial charge in [-0.05, 0) is 24.5 Å². The molecule has 0 saturated heterocycles. The minimum Gasteiger partial charge on any atom is -0.325 e. The van der Waals surface area contributed by atoms with Crippen molar-refractivity contribution in [3.63, 3.8) is 0 Å². The summed E-state index contributed by atoms with van der Waals surface area (Å²) in [6.07, 6.45) is 0. The van der Waals surface area contributed by atoms with Crippen LogP contribution in [0.15, 0.2) is 10.9 Å². The molecule has 0 fully saturated rings. The normalized spacial score (nSPS) is 10.7. The number of rotatable bonds is 3. The highest BCUT2D eigenvalue weighted by Gasteiger charge is 2.13. The second kappa shape index (κ2) is 4.75. The van der Waals surface area contributed by atoms with Crippen molar-refractivity contribution in [2.45, 2.75) is 26.7 Å². The molecule has 0 spiro atoms. The van der Waals surface area contributed by atoms with E-state index in [0.29, 0.717) is 0 Å². The number of ketones is 1. The molecule has 15 heavy (non-hydrogen) atoms. The van der Waals surface area contributed by atoms with Crippen LogP contribution in [0.1, 0.15) is 41.4 Å². The summed E-state index contributed by atoms with van der Waals surface area (Å²) in [6, 6.07) is 1.66. The third-order valence-electron chi connectivity index (χ3n) is 2.28. The number of Topliss-reactive ketones (excluding diaryl/α,β-unsaturated/α-hetero) is 1. The molecule has 0 amide bonds. The smallest absolute Gasteiger partial charge is 0.259 e. The van der Waals surface area contributed by atoms with E-state index in [1.807, 2.05) is 20.8 Å². The van der Waals surface area contributed by atoms with E-state index in [2.05, 4.69) is 20.9 Å². The Morgan fingerprint density at radius 2 is 2.13 bits per heavy atom. The van der Waals surface area contributed by atoms with Crippen LogP contribution < -0.4 is 5.56 Å². The SMILES string of the molecule is Cc1cc(C(=O)CBr)c(=O)[nH]c1C(C)C. The Hall–Kier alpha value is -0.900. The zero-order valence-corrected chi connectivity index (χ0v) is 10.6. The predicted octanol–water partition coefficient (Wildman–Crippen LogP) is 2.38. The number of aryl methyl sites for hydroxylation is 1. The summed E-state index contributed by atoms with van der Waals surface area (Å²) in [6.45, 7) is 5.91. The van der Waals surface area contributed by atoms with Crippen LogP contribution in [0.4, 0.5) is 0 Å². The molecule has 0 bridgehead atoms. The Labute approximate surface area is 97.0 Å². The van der Waals surface area contributed by atoms with Gasteiger partial charge in [0.25, 0.3) is 5.56 Å². The largest absolute Gasteiger partial charge is 0.325 e. The number of pyridine rings is 1. The first-order chi connectivity index (χ1) is 6.97. The number of aromatic amines is 1. The molecule has 0 aromatic carbocycles. The van der Waals surface area contributed by atoms with Crippen LogP contribution in [-0.2, 0) is 0 Å². The number of hydrogen-bond donors (Lipinski definition) is 1. The van der Waals surface area contributed by atoms with Gasteiger partial charge < -0.3 is 4.98 Å². The van der Waals surface area contributed by atoms with Gasteiger partial charge in [-0.2, -0.15) is 0 Å². The maximum Gasteiger partial charge on any atom is 0.259 e. The van der Waals surface area contributed by atoms with Gasteiger partial charge in [-0.25, -0.2) is 0 Å². The molecule has 3 nitrogen and oxygen atoms in total. The Kier molecular flexibility index (Phi) is 3.85. The number of aromatic nitrogens is 1. The second-order valence-corrected chi connectivity index (χ2v) is 4.38. The molecule has 1 aromatic rings. The van der Waals surface area contributed by atoms with E-state index in [4.69, 9.17) is 0 Å². The maximum absolute atomic E-state index is 11.6. The lowest BCUT2D eigenvalue weighted by Gasteiger charge is -2.10. The number of halogens is 1.